The summed E-state index contributed by atoms with van der Waals surface area (Å²) < 4.78 is 0. The molecule has 1 aliphatic heterocycles. The molecule has 2 aliphatic rings. The van der Waals surface area contributed by atoms with Gasteiger partial charge in [-0.25, -0.2) is 0 Å². The van der Waals surface area contributed by atoms with E-state index in [1.165, 1.54) is 29.5 Å². The highest BCUT2D eigenvalue weighted by atomic mass is 35.5. The molecule has 0 aromatic heterocycles. The molecule has 1 fully saturated rings. The molecule has 4 nitrogen and oxygen atoms in total. The number of hydrogen-bond donors (Lipinski definition) is 1. The quantitative estimate of drug-likeness (QED) is 0.857. The number of carbonyl (C=O) groups excluding carboxylic acids is 1. The summed E-state index contributed by atoms with van der Waals surface area (Å²) in [6.45, 7) is 5.41. The molecule has 0 saturated carbocycles. The number of benzene rings is 2. The van der Waals surface area contributed by atoms with Gasteiger partial charge in [0.05, 0.1) is 6.54 Å². The highest BCUT2D eigenvalue weighted by molar-refractivity contribution is 5.92. The number of nitrogens with one attached hydrogen (secondary N) is 1. The molecular formula is C22H28ClN3O. The molecule has 0 spiro atoms. The van der Waals surface area contributed by atoms with Gasteiger partial charge in [-0.05, 0) is 48.1 Å². The lowest BCUT2D eigenvalue weighted by Gasteiger charge is -2.34. The Morgan fingerprint density at radius 1 is 0.889 bits per heavy atom. The van der Waals surface area contributed by atoms with E-state index in [0.717, 1.165) is 44.8 Å². The first kappa shape index (κ1) is 19.9. The van der Waals surface area contributed by atoms with Gasteiger partial charge in [0.25, 0.3) is 0 Å². The van der Waals surface area contributed by atoms with E-state index < -0.39 is 0 Å². The number of piperazine rings is 1. The number of fused-ring (bicyclic) bond motifs is 1. The van der Waals surface area contributed by atoms with Gasteiger partial charge in [0, 0.05) is 38.4 Å². The van der Waals surface area contributed by atoms with Crippen LogP contribution in [0.1, 0.15) is 23.1 Å². The second-order valence-electron chi connectivity index (χ2n) is 7.42. The fourth-order valence-electron chi connectivity index (χ4n) is 4.00. The predicted octanol–water partition coefficient (Wildman–Crippen LogP) is 3.35. The van der Waals surface area contributed by atoms with E-state index >= 15 is 0 Å². The molecule has 1 aliphatic carbocycles. The van der Waals surface area contributed by atoms with Crippen LogP contribution in [0, 0.1) is 0 Å². The maximum absolute atomic E-state index is 12.4. The minimum Gasteiger partial charge on any atom is -0.325 e. The number of halogens is 1. The van der Waals surface area contributed by atoms with Gasteiger partial charge in [-0.2, -0.15) is 0 Å². The number of nitrogens with zero attached hydrogens (tertiary/aromatic N) is 2. The lowest BCUT2D eigenvalue weighted by atomic mass is 10.1. The van der Waals surface area contributed by atoms with Crippen molar-refractivity contribution in [2.24, 2.45) is 0 Å². The van der Waals surface area contributed by atoms with Gasteiger partial charge in [0.2, 0.25) is 5.91 Å². The van der Waals surface area contributed by atoms with Crippen LogP contribution in [0.15, 0.2) is 48.5 Å². The molecule has 2 aromatic carbocycles. The highest BCUT2D eigenvalue weighted by Gasteiger charge is 2.19. The number of carbonyl (C=O) groups is 1. The van der Waals surface area contributed by atoms with Crippen molar-refractivity contribution in [3.63, 3.8) is 0 Å². The molecule has 1 saturated heterocycles. The van der Waals surface area contributed by atoms with Crippen molar-refractivity contribution in [2.45, 2.75) is 25.8 Å². The lowest BCUT2D eigenvalue weighted by molar-refractivity contribution is -0.117. The third-order valence-corrected chi connectivity index (χ3v) is 5.46. The third kappa shape index (κ3) is 5.32. The Labute approximate surface area is 168 Å². The van der Waals surface area contributed by atoms with E-state index in [1.807, 2.05) is 6.07 Å². The van der Waals surface area contributed by atoms with Crippen molar-refractivity contribution in [2.75, 3.05) is 38.0 Å². The summed E-state index contributed by atoms with van der Waals surface area (Å²) in [4.78, 5) is 17.1. The standard InChI is InChI=1S/C22H27N3O.ClH/c26-22(23-21-10-9-19-7-4-8-20(19)15-21)17-25-13-11-24(12-14-25)16-18-5-2-1-3-6-18;/h1-3,5-6,9-10,15H,4,7-8,11-14,16-17H2,(H,23,26);1H. The van der Waals surface area contributed by atoms with E-state index in [1.54, 1.807) is 0 Å². The topological polar surface area (TPSA) is 35.6 Å². The van der Waals surface area contributed by atoms with Gasteiger partial charge in [0.1, 0.15) is 0 Å². The van der Waals surface area contributed by atoms with E-state index in [0.29, 0.717) is 6.54 Å². The maximum atomic E-state index is 12.4. The van der Waals surface area contributed by atoms with Gasteiger partial charge in [0.15, 0.2) is 0 Å². The Morgan fingerprint density at radius 3 is 2.37 bits per heavy atom. The summed E-state index contributed by atoms with van der Waals surface area (Å²) in [5, 5.41) is 3.08. The third-order valence-electron chi connectivity index (χ3n) is 5.46. The molecule has 0 unspecified atom stereocenters. The number of rotatable bonds is 5. The van der Waals surface area contributed by atoms with Crippen molar-refractivity contribution in [1.29, 1.82) is 0 Å². The summed E-state index contributed by atoms with van der Waals surface area (Å²) in [6.07, 6.45) is 3.55. The van der Waals surface area contributed by atoms with Crippen LogP contribution in [0.2, 0.25) is 0 Å². The Hall–Kier alpha value is -1.88. The summed E-state index contributed by atoms with van der Waals surface area (Å²) >= 11 is 0. The van der Waals surface area contributed by atoms with Gasteiger partial charge in [-0.15, -0.1) is 12.4 Å². The zero-order valence-electron chi connectivity index (χ0n) is 15.7. The van der Waals surface area contributed by atoms with Gasteiger partial charge in [-0.3, -0.25) is 14.6 Å². The summed E-state index contributed by atoms with van der Waals surface area (Å²) in [5.41, 5.74) is 5.14. The lowest BCUT2D eigenvalue weighted by Crippen LogP contribution is -2.48. The van der Waals surface area contributed by atoms with Crippen LogP contribution in [0.5, 0.6) is 0 Å². The van der Waals surface area contributed by atoms with Gasteiger partial charge >= 0.3 is 0 Å². The first-order valence-electron chi connectivity index (χ1n) is 9.66. The minimum absolute atomic E-state index is 0. The zero-order valence-corrected chi connectivity index (χ0v) is 16.5. The van der Waals surface area contributed by atoms with Crippen LogP contribution in [-0.4, -0.2) is 48.4 Å². The van der Waals surface area contributed by atoms with E-state index in [4.69, 9.17) is 0 Å². The Bertz CT molecular complexity index is 757. The average Bonchev–Trinajstić information content (AvgIpc) is 3.12. The highest BCUT2D eigenvalue weighted by Crippen LogP contribution is 2.24. The SMILES string of the molecule is Cl.O=C(CN1CCN(Cc2ccccc2)CC1)Nc1ccc2c(c1)CCC2. The molecule has 0 radical (unpaired) electrons. The Kier molecular flexibility index (Phi) is 6.89. The predicted molar refractivity (Wildman–Crippen MR) is 113 cm³/mol. The van der Waals surface area contributed by atoms with Crippen molar-refractivity contribution in [1.82, 2.24) is 9.80 Å². The van der Waals surface area contributed by atoms with Crippen LogP contribution in [0.25, 0.3) is 0 Å². The monoisotopic (exact) mass is 385 g/mol. The molecule has 0 bridgehead atoms. The van der Waals surface area contributed by atoms with Crippen molar-refractivity contribution < 1.29 is 4.79 Å². The fourth-order valence-corrected chi connectivity index (χ4v) is 4.00. The molecule has 1 heterocycles. The molecule has 144 valence electrons. The van der Waals surface area contributed by atoms with Gasteiger partial charge in [-0.1, -0.05) is 36.4 Å². The summed E-state index contributed by atoms with van der Waals surface area (Å²) in [5.74, 6) is 0.0967. The molecule has 27 heavy (non-hydrogen) atoms. The first-order chi connectivity index (χ1) is 12.8. The van der Waals surface area contributed by atoms with Crippen LogP contribution < -0.4 is 5.32 Å². The molecule has 5 heteroatoms. The zero-order chi connectivity index (χ0) is 17.8. The van der Waals surface area contributed by atoms with Crippen LogP contribution in [0.3, 0.4) is 0 Å². The Balaban J connectivity index is 0.00000210. The number of hydrogen-bond acceptors (Lipinski definition) is 3. The molecule has 2 aromatic rings. The minimum atomic E-state index is 0. The molecule has 1 amide bonds. The van der Waals surface area contributed by atoms with E-state index in [9.17, 15) is 4.79 Å². The molecule has 1 N–H and O–H groups in total. The largest absolute Gasteiger partial charge is 0.325 e. The second kappa shape index (κ2) is 9.36. The number of aryl methyl sites for hydroxylation is 2. The number of amides is 1. The summed E-state index contributed by atoms with van der Waals surface area (Å²) in [7, 11) is 0. The average molecular weight is 386 g/mol. The van der Waals surface area contributed by atoms with Crippen LogP contribution in [-0.2, 0) is 24.2 Å². The Morgan fingerprint density at radius 2 is 1.59 bits per heavy atom. The normalized spacial score (nSPS) is 17.2. The second-order valence-corrected chi connectivity index (χ2v) is 7.42. The van der Waals surface area contributed by atoms with Crippen LogP contribution >= 0.6 is 12.4 Å². The maximum Gasteiger partial charge on any atom is 0.238 e. The van der Waals surface area contributed by atoms with E-state index in [-0.39, 0.29) is 18.3 Å². The summed E-state index contributed by atoms with van der Waals surface area (Å²) in [6, 6.07) is 17.0. The first-order valence-corrected chi connectivity index (χ1v) is 9.66. The molecular weight excluding hydrogens is 358 g/mol. The molecule has 0 atom stereocenters. The van der Waals surface area contributed by atoms with Gasteiger partial charge < -0.3 is 5.32 Å². The van der Waals surface area contributed by atoms with Crippen molar-refractivity contribution in [3.05, 3.63) is 65.2 Å². The van der Waals surface area contributed by atoms with E-state index in [2.05, 4.69) is 57.6 Å². The number of anilines is 1. The fraction of sp³-hybridized carbons (Fsp3) is 0.409. The van der Waals surface area contributed by atoms with Crippen molar-refractivity contribution >= 4 is 24.0 Å². The van der Waals surface area contributed by atoms with Crippen molar-refractivity contribution in [3.8, 4) is 0 Å². The van der Waals surface area contributed by atoms with Crippen LogP contribution in [0.4, 0.5) is 5.69 Å². The smallest absolute Gasteiger partial charge is 0.238 e. The molecule has 4 rings (SSSR count).